The van der Waals surface area contributed by atoms with E-state index >= 15 is 0 Å². The van der Waals surface area contributed by atoms with Gasteiger partial charge in [-0.05, 0) is 48.6 Å². The molecule has 2 N–H and O–H groups in total. The Bertz CT molecular complexity index is 624. The summed E-state index contributed by atoms with van der Waals surface area (Å²) in [7, 11) is 0. The molecular formula is C18H21FN2. The highest BCUT2D eigenvalue weighted by atomic mass is 19.1. The number of hydrogen-bond donors (Lipinski definition) is 2. The second-order valence-electron chi connectivity index (χ2n) is 5.64. The second-order valence-corrected chi connectivity index (χ2v) is 5.64. The smallest absolute Gasteiger partial charge is 0.123 e. The van der Waals surface area contributed by atoms with Crippen LogP contribution in [0.1, 0.15) is 36.1 Å². The highest BCUT2D eigenvalue weighted by Gasteiger charge is 2.13. The van der Waals surface area contributed by atoms with Gasteiger partial charge >= 0.3 is 0 Å². The minimum absolute atomic E-state index is 0.125. The Kier molecular flexibility index (Phi) is 4.20. The molecule has 1 aliphatic heterocycles. The molecule has 0 unspecified atom stereocenters. The van der Waals surface area contributed by atoms with Gasteiger partial charge in [0.05, 0.1) is 0 Å². The Hall–Kier alpha value is -1.87. The van der Waals surface area contributed by atoms with E-state index in [1.807, 2.05) is 6.07 Å². The topological polar surface area (TPSA) is 24.1 Å². The predicted molar refractivity (Wildman–Crippen MR) is 84.9 cm³/mol. The lowest BCUT2D eigenvalue weighted by molar-refractivity contribution is 0.565. The molecule has 110 valence electrons. The Morgan fingerprint density at radius 1 is 1.24 bits per heavy atom. The van der Waals surface area contributed by atoms with Crippen LogP contribution in [0.25, 0.3) is 0 Å². The Labute approximate surface area is 125 Å². The van der Waals surface area contributed by atoms with Crippen LogP contribution < -0.4 is 10.6 Å². The third-order valence-corrected chi connectivity index (χ3v) is 4.11. The summed E-state index contributed by atoms with van der Waals surface area (Å²) in [5, 5.41) is 6.99. The molecule has 2 aromatic rings. The first-order chi connectivity index (χ1) is 10.2. The molecule has 2 aromatic carbocycles. The van der Waals surface area contributed by atoms with Crippen molar-refractivity contribution in [3.63, 3.8) is 0 Å². The van der Waals surface area contributed by atoms with Crippen molar-refractivity contribution in [2.45, 2.75) is 32.4 Å². The number of nitrogens with one attached hydrogen (secondary N) is 2. The fourth-order valence-corrected chi connectivity index (χ4v) is 2.89. The first kappa shape index (κ1) is 14.1. The SMILES string of the molecule is C[C@@H](NCc1cccc2c1NCCC2)c1cccc(F)c1. The van der Waals surface area contributed by atoms with Crippen LogP contribution in [-0.4, -0.2) is 6.54 Å². The molecule has 1 atom stereocenters. The average molecular weight is 284 g/mol. The van der Waals surface area contributed by atoms with Crippen LogP contribution in [0.15, 0.2) is 42.5 Å². The maximum Gasteiger partial charge on any atom is 0.123 e. The largest absolute Gasteiger partial charge is 0.385 e. The van der Waals surface area contributed by atoms with Gasteiger partial charge in [0.15, 0.2) is 0 Å². The zero-order valence-corrected chi connectivity index (χ0v) is 12.3. The summed E-state index contributed by atoms with van der Waals surface area (Å²) >= 11 is 0. The van der Waals surface area contributed by atoms with Crippen LogP contribution in [0.5, 0.6) is 0 Å². The summed E-state index contributed by atoms with van der Waals surface area (Å²) in [5.41, 5.74) is 4.95. The van der Waals surface area contributed by atoms with E-state index in [0.29, 0.717) is 0 Å². The van der Waals surface area contributed by atoms with Gasteiger partial charge in [-0.3, -0.25) is 0 Å². The number of aryl methyl sites for hydroxylation is 1. The van der Waals surface area contributed by atoms with Crippen molar-refractivity contribution in [1.29, 1.82) is 0 Å². The van der Waals surface area contributed by atoms with Crippen molar-refractivity contribution in [3.8, 4) is 0 Å². The fourth-order valence-electron chi connectivity index (χ4n) is 2.89. The summed E-state index contributed by atoms with van der Waals surface area (Å²) in [6.07, 6.45) is 2.35. The van der Waals surface area contributed by atoms with Gasteiger partial charge in [0.2, 0.25) is 0 Å². The van der Waals surface area contributed by atoms with Crippen molar-refractivity contribution in [3.05, 3.63) is 65.0 Å². The molecule has 3 rings (SSSR count). The lowest BCUT2D eigenvalue weighted by atomic mass is 9.99. The highest BCUT2D eigenvalue weighted by Crippen LogP contribution is 2.26. The van der Waals surface area contributed by atoms with E-state index < -0.39 is 0 Å². The quantitative estimate of drug-likeness (QED) is 0.885. The number of hydrogen-bond acceptors (Lipinski definition) is 2. The molecule has 0 saturated heterocycles. The van der Waals surface area contributed by atoms with E-state index in [1.54, 1.807) is 12.1 Å². The Morgan fingerprint density at radius 3 is 2.95 bits per heavy atom. The van der Waals surface area contributed by atoms with Gasteiger partial charge in [0.25, 0.3) is 0 Å². The number of fused-ring (bicyclic) bond motifs is 1. The number of anilines is 1. The predicted octanol–water partition coefficient (Wildman–Crippen LogP) is 4.03. The van der Waals surface area contributed by atoms with Crippen molar-refractivity contribution < 1.29 is 4.39 Å². The number of rotatable bonds is 4. The molecule has 0 aromatic heterocycles. The van der Waals surface area contributed by atoms with Crippen molar-refractivity contribution in [2.24, 2.45) is 0 Å². The van der Waals surface area contributed by atoms with E-state index in [4.69, 9.17) is 0 Å². The molecule has 0 radical (unpaired) electrons. The lowest BCUT2D eigenvalue weighted by Gasteiger charge is -2.22. The van der Waals surface area contributed by atoms with Crippen LogP contribution in [-0.2, 0) is 13.0 Å². The van der Waals surface area contributed by atoms with Gasteiger partial charge in [0.1, 0.15) is 5.82 Å². The summed E-state index contributed by atoms with van der Waals surface area (Å²) < 4.78 is 13.3. The van der Waals surface area contributed by atoms with Crippen LogP contribution in [0.4, 0.5) is 10.1 Å². The molecule has 0 spiro atoms. The molecule has 3 heteroatoms. The first-order valence-electron chi connectivity index (χ1n) is 7.57. The van der Waals surface area contributed by atoms with E-state index in [2.05, 4.69) is 35.8 Å². The summed E-state index contributed by atoms with van der Waals surface area (Å²) in [6, 6.07) is 13.4. The molecule has 1 aliphatic rings. The minimum Gasteiger partial charge on any atom is -0.385 e. The average Bonchev–Trinajstić information content (AvgIpc) is 2.52. The number of benzene rings is 2. The highest BCUT2D eigenvalue weighted by molar-refractivity contribution is 5.59. The molecule has 2 nitrogen and oxygen atoms in total. The molecule has 0 saturated carbocycles. The van der Waals surface area contributed by atoms with E-state index in [9.17, 15) is 4.39 Å². The molecule has 0 aliphatic carbocycles. The van der Waals surface area contributed by atoms with Gasteiger partial charge in [-0.25, -0.2) is 4.39 Å². The van der Waals surface area contributed by atoms with E-state index in [1.165, 1.54) is 29.3 Å². The normalized spacial score (nSPS) is 15.1. The van der Waals surface area contributed by atoms with Crippen molar-refractivity contribution in [1.82, 2.24) is 5.32 Å². The Morgan fingerprint density at radius 2 is 2.10 bits per heavy atom. The number of para-hydroxylation sites is 1. The first-order valence-corrected chi connectivity index (χ1v) is 7.57. The maximum absolute atomic E-state index is 13.3. The third kappa shape index (κ3) is 3.24. The third-order valence-electron chi connectivity index (χ3n) is 4.11. The lowest BCUT2D eigenvalue weighted by Crippen LogP contribution is -2.21. The van der Waals surface area contributed by atoms with E-state index in [-0.39, 0.29) is 11.9 Å². The van der Waals surface area contributed by atoms with Crippen LogP contribution in [0.2, 0.25) is 0 Å². The zero-order chi connectivity index (χ0) is 14.7. The minimum atomic E-state index is -0.181. The fraction of sp³-hybridized carbons (Fsp3) is 0.333. The summed E-state index contributed by atoms with van der Waals surface area (Å²) in [4.78, 5) is 0. The van der Waals surface area contributed by atoms with Gasteiger partial charge in [-0.2, -0.15) is 0 Å². The van der Waals surface area contributed by atoms with E-state index in [0.717, 1.165) is 25.1 Å². The summed E-state index contributed by atoms with van der Waals surface area (Å²) in [6.45, 7) is 3.90. The van der Waals surface area contributed by atoms with Gasteiger partial charge in [-0.15, -0.1) is 0 Å². The summed E-state index contributed by atoms with van der Waals surface area (Å²) in [5.74, 6) is -0.181. The maximum atomic E-state index is 13.3. The zero-order valence-electron chi connectivity index (χ0n) is 12.3. The molecule has 0 amide bonds. The van der Waals surface area contributed by atoms with Crippen LogP contribution >= 0.6 is 0 Å². The molecule has 0 bridgehead atoms. The number of halogens is 1. The molecule has 21 heavy (non-hydrogen) atoms. The Balaban J connectivity index is 1.70. The van der Waals surface area contributed by atoms with Crippen molar-refractivity contribution >= 4 is 5.69 Å². The molecule has 0 fully saturated rings. The van der Waals surface area contributed by atoms with Gasteiger partial charge in [-0.1, -0.05) is 30.3 Å². The van der Waals surface area contributed by atoms with Crippen molar-refractivity contribution in [2.75, 3.05) is 11.9 Å². The van der Waals surface area contributed by atoms with Crippen LogP contribution in [0, 0.1) is 5.82 Å². The van der Waals surface area contributed by atoms with Gasteiger partial charge < -0.3 is 10.6 Å². The second kappa shape index (κ2) is 6.27. The van der Waals surface area contributed by atoms with Crippen LogP contribution in [0.3, 0.4) is 0 Å². The van der Waals surface area contributed by atoms with Gasteiger partial charge in [0, 0.05) is 24.8 Å². The molecular weight excluding hydrogens is 263 g/mol. The molecule has 1 heterocycles. The standard InChI is InChI=1S/C18H21FN2/c1-13(15-6-3-9-17(19)11-15)21-12-16-7-2-5-14-8-4-10-20-18(14)16/h2-3,5-7,9,11,13,20-21H,4,8,10,12H2,1H3/t13-/m1/s1. The monoisotopic (exact) mass is 284 g/mol.